The van der Waals surface area contributed by atoms with Gasteiger partial charge in [0.05, 0.1) is 18.9 Å². The normalized spacial score (nSPS) is 19.2. The molecule has 3 aromatic rings. The topological polar surface area (TPSA) is 126 Å². The van der Waals surface area contributed by atoms with E-state index in [0.717, 1.165) is 18.5 Å². The number of hydrogen-bond donors (Lipinski definition) is 5. The van der Waals surface area contributed by atoms with Gasteiger partial charge in [-0.2, -0.15) is 12.6 Å². The number of amides is 3. The molecule has 0 unspecified atom stereocenters. The van der Waals surface area contributed by atoms with Gasteiger partial charge in [0.15, 0.2) is 11.7 Å². The lowest BCUT2D eigenvalue weighted by Gasteiger charge is -2.29. The fraction of sp³-hybridized carbons (Fsp3) is 0.333. The van der Waals surface area contributed by atoms with Crippen LogP contribution in [0.15, 0.2) is 71.9 Å². The number of carbonyl (C=O) groups excluding carboxylic acids is 2. The Hall–Kier alpha value is -4.09. The molecular formula is C30H35N7O3S. The average Bonchev–Trinajstić information content (AvgIpc) is 3.67. The summed E-state index contributed by atoms with van der Waals surface area (Å²) in [4.78, 5) is 37.2. The number of nitrogens with one attached hydrogen (secondary N) is 4. The highest BCUT2D eigenvalue weighted by Crippen LogP contribution is 2.31. The molecule has 3 amide bonds. The number of carbonyl (C=O) groups is 2. The molecule has 4 N–H and O–H groups in total. The number of ether oxygens (including phenoxy) is 1. The average molecular weight is 574 g/mol. The molecule has 2 aliphatic rings. The second-order valence-corrected chi connectivity index (χ2v) is 11.2. The number of nitrogens with zero attached hydrogens (tertiary/aromatic N) is 3. The standard InChI is InChI=1S/C30H35N7O3S/c1-2-30(41)13-15-37(20-30)28(38)22-7-11-24(12-8-22)34-29(39)33-23-9-5-21(6-10-23)26(31)35-27(25-4-3-14-32-25)36-16-18-40-19-17-36/h3-12,14,31-32,41H,2,13,15-20H2,1H3,(H2,33,34,39)/t30-/m1/s1. The smallest absolute Gasteiger partial charge is 0.323 e. The first-order valence-corrected chi connectivity index (χ1v) is 14.2. The van der Waals surface area contributed by atoms with Crippen LogP contribution in [0.2, 0.25) is 0 Å². The number of aromatic nitrogens is 1. The van der Waals surface area contributed by atoms with E-state index < -0.39 is 6.03 Å². The minimum Gasteiger partial charge on any atom is -0.378 e. The van der Waals surface area contributed by atoms with Gasteiger partial charge in [0.1, 0.15) is 0 Å². The maximum atomic E-state index is 12.9. The number of hydrogen-bond acceptors (Lipinski definition) is 5. The molecule has 214 valence electrons. The molecule has 3 heterocycles. The second-order valence-electron chi connectivity index (χ2n) is 10.3. The van der Waals surface area contributed by atoms with Crippen molar-refractivity contribution in [3.63, 3.8) is 0 Å². The van der Waals surface area contributed by atoms with Gasteiger partial charge in [0.25, 0.3) is 5.91 Å². The highest BCUT2D eigenvalue weighted by molar-refractivity contribution is 7.81. The maximum Gasteiger partial charge on any atom is 0.323 e. The lowest BCUT2D eigenvalue weighted by atomic mass is 10.1. The number of urea groups is 1. The first-order chi connectivity index (χ1) is 19.8. The number of rotatable bonds is 6. The van der Waals surface area contributed by atoms with Gasteiger partial charge in [-0.3, -0.25) is 10.2 Å². The molecule has 0 saturated carbocycles. The first kappa shape index (κ1) is 28.4. The van der Waals surface area contributed by atoms with Crippen LogP contribution in [0.5, 0.6) is 0 Å². The van der Waals surface area contributed by atoms with E-state index in [0.29, 0.717) is 67.7 Å². The van der Waals surface area contributed by atoms with Crippen LogP contribution < -0.4 is 10.6 Å². The predicted octanol–water partition coefficient (Wildman–Crippen LogP) is 4.69. The summed E-state index contributed by atoms with van der Waals surface area (Å²) < 4.78 is 5.35. The molecule has 10 nitrogen and oxygen atoms in total. The minimum absolute atomic E-state index is 0.0228. The molecule has 2 aliphatic heterocycles. The molecule has 1 atom stereocenters. The summed E-state index contributed by atoms with van der Waals surface area (Å²) >= 11 is 4.73. The van der Waals surface area contributed by atoms with E-state index in [1.807, 2.05) is 23.2 Å². The number of anilines is 2. The number of morpholine rings is 1. The Morgan fingerprint density at radius 3 is 2.17 bits per heavy atom. The van der Waals surface area contributed by atoms with Crippen molar-refractivity contribution in [2.45, 2.75) is 24.5 Å². The van der Waals surface area contributed by atoms with Crippen molar-refractivity contribution in [2.75, 3.05) is 50.0 Å². The number of likely N-dealkylation sites (tertiary alicyclic amines) is 1. The number of aromatic amines is 1. The molecule has 1 aromatic heterocycles. The molecule has 0 radical (unpaired) electrons. The van der Waals surface area contributed by atoms with Crippen LogP contribution in [0.1, 0.15) is 41.4 Å². The Kier molecular flexibility index (Phi) is 8.75. The third kappa shape index (κ3) is 6.98. The maximum absolute atomic E-state index is 12.9. The van der Waals surface area contributed by atoms with Gasteiger partial charge in [-0.25, -0.2) is 9.79 Å². The van der Waals surface area contributed by atoms with Crippen molar-refractivity contribution < 1.29 is 14.3 Å². The van der Waals surface area contributed by atoms with Gasteiger partial charge in [0, 0.05) is 59.6 Å². The Morgan fingerprint density at radius 2 is 1.61 bits per heavy atom. The van der Waals surface area contributed by atoms with E-state index >= 15 is 0 Å². The molecule has 0 aliphatic carbocycles. The highest BCUT2D eigenvalue weighted by Gasteiger charge is 2.35. The largest absolute Gasteiger partial charge is 0.378 e. The zero-order valence-electron chi connectivity index (χ0n) is 23.0. The van der Waals surface area contributed by atoms with E-state index in [-0.39, 0.29) is 16.5 Å². The number of benzene rings is 2. The molecule has 2 fully saturated rings. The van der Waals surface area contributed by atoms with E-state index in [1.165, 1.54) is 0 Å². The lowest BCUT2D eigenvalue weighted by Crippen LogP contribution is -2.41. The van der Waals surface area contributed by atoms with Crippen LogP contribution in [0.25, 0.3) is 0 Å². The summed E-state index contributed by atoms with van der Waals surface area (Å²) in [6, 6.07) is 17.3. The van der Waals surface area contributed by atoms with Gasteiger partial charge in [-0.1, -0.05) is 6.92 Å². The predicted molar refractivity (Wildman–Crippen MR) is 165 cm³/mol. The van der Waals surface area contributed by atoms with E-state index in [9.17, 15) is 9.59 Å². The molecule has 2 aromatic carbocycles. The zero-order chi connectivity index (χ0) is 28.8. The zero-order valence-corrected chi connectivity index (χ0v) is 23.9. The van der Waals surface area contributed by atoms with Crippen molar-refractivity contribution in [2.24, 2.45) is 4.99 Å². The summed E-state index contributed by atoms with van der Waals surface area (Å²) in [5, 5.41) is 14.2. The molecule has 0 spiro atoms. The van der Waals surface area contributed by atoms with Crippen LogP contribution in [0.4, 0.5) is 16.2 Å². The third-order valence-electron chi connectivity index (χ3n) is 7.45. The minimum atomic E-state index is -0.409. The summed E-state index contributed by atoms with van der Waals surface area (Å²) in [7, 11) is 0. The molecule has 5 rings (SSSR count). The second kappa shape index (κ2) is 12.6. The number of amidine groups is 2. The van der Waals surface area contributed by atoms with E-state index in [1.54, 1.807) is 48.5 Å². The van der Waals surface area contributed by atoms with Crippen molar-refractivity contribution in [1.82, 2.24) is 14.8 Å². The van der Waals surface area contributed by atoms with Gasteiger partial charge in [-0.15, -0.1) is 0 Å². The van der Waals surface area contributed by atoms with Crippen LogP contribution in [0, 0.1) is 5.41 Å². The van der Waals surface area contributed by atoms with E-state index in [2.05, 4.69) is 32.4 Å². The number of aliphatic imine (C=N–C) groups is 1. The molecule has 41 heavy (non-hydrogen) atoms. The SMILES string of the molecule is CC[C@@]1(S)CCN(C(=O)c2ccc(NC(=O)Nc3ccc(C(=N)N=C(c4ccc[nH]4)N4CCOCC4)cc3)cc2)C1. The van der Waals surface area contributed by atoms with Crippen LogP contribution in [0.3, 0.4) is 0 Å². The molecule has 11 heteroatoms. The Labute approximate surface area is 245 Å². The van der Waals surface area contributed by atoms with Crippen molar-refractivity contribution in [3.05, 3.63) is 83.7 Å². The summed E-state index contributed by atoms with van der Waals surface area (Å²) in [5.41, 5.74) is 3.20. The fourth-order valence-corrected chi connectivity index (χ4v) is 5.19. The lowest BCUT2D eigenvalue weighted by molar-refractivity contribution is 0.0682. The Morgan fingerprint density at radius 1 is 0.976 bits per heavy atom. The summed E-state index contributed by atoms with van der Waals surface area (Å²) in [6.45, 7) is 6.07. The Balaban J connectivity index is 1.17. The Bertz CT molecular complexity index is 1400. The summed E-state index contributed by atoms with van der Waals surface area (Å²) in [5.74, 6) is 0.801. The quantitative estimate of drug-likeness (QED) is 0.167. The van der Waals surface area contributed by atoms with Gasteiger partial charge >= 0.3 is 6.03 Å². The van der Waals surface area contributed by atoms with Gasteiger partial charge in [0.2, 0.25) is 0 Å². The van der Waals surface area contributed by atoms with Crippen LogP contribution in [-0.4, -0.2) is 82.5 Å². The molecular weight excluding hydrogens is 538 g/mol. The third-order valence-corrected chi connectivity index (χ3v) is 8.13. The van der Waals surface area contributed by atoms with E-state index in [4.69, 9.17) is 22.8 Å². The van der Waals surface area contributed by atoms with Crippen LogP contribution in [-0.2, 0) is 4.74 Å². The van der Waals surface area contributed by atoms with Crippen molar-refractivity contribution in [3.8, 4) is 0 Å². The van der Waals surface area contributed by atoms with Crippen molar-refractivity contribution >= 4 is 47.6 Å². The molecule has 2 saturated heterocycles. The number of thiol groups is 1. The summed E-state index contributed by atoms with van der Waals surface area (Å²) in [6.07, 6.45) is 3.64. The van der Waals surface area contributed by atoms with Crippen molar-refractivity contribution in [1.29, 1.82) is 5.41 Å². The monoisotopic (exact) mass is 573 g/mol. The first-order valence-electron chi connectivity index (χ1n) is 13.8. The molecule has 0 bridgehead atoms. The fourth-order valence-electron chi connectivity index (χ4n) is 4.92. The van der Waals surface area contributed by atoms with Gasteiger partial charge in [-0.05, 0) is 73.5 Å². The van der Waals surface area contributed by atoms with Gasteiger partial charge < -0.3 is 30.2 Å². The number of H-pyrrole nitrogens is 1. The highest BCUT2D eigenvalue weighted by atomic mass is 32.1. The van der Waals surface area contributed by atoms with Crippen LogP contribution >= 0.6 is 12.6 Å².